The molecule has 0 bridgehead atoms. The minimum absolute atomic E-state index is 0.0743. The molecule has 92 valence electrons. The predicted molar refractivity (Wildman–Crippen MR) is 68.5 cm³/mol. The largest absolute Gasteiger partial charge is 0.329 e. The highest BCUT2D eigenvalue weighted by atomic mass is 16.2. The number of amides is 1. The fraction of sp³-hybridized carbons (Fsp3) is 0.500. The number of nitrogens with one attached hydrogen (secondary N) is 1. The molecule has 1 fully saturated rings. The van der Waals surface area contributed by atoms with Crippen LogP contribution in [0, 0.1) is 5.92 Å². The summed E-state index contributed by atoms with van der Waals surface area (Å²) in [5.74, 6) is 0.636. The molecule has 1 aromatic rings. The van der Waals surface area contributed by atoms with E-state index < -0.39 is 0 Å². The van der Waals surface area contributed by atoms with Gasteiger partial charge in [0.2, 0.25) is 5.91 Å². The molecular formula is C14H20N2O. The molecule has 0 aromatic heterocycles. The highest BCUT2D eigenvalue weighted by Crippen LogP contribution is 2.18. The molecular weight excluding hydrogens is 212 g/mol. The van der Waals surface area contributed by atoms with Gasteiger partial charge in [-0.1, -0.05) is 44.2 Å². The molecule has 0 saturated carbocycles. The molecule has 3 nitrogen and oxygen atoms in total. The molecule has 1 aliphatic rings. The van der Waals surface area contributed by atoms with E-state index >= 15 is 0 Å². The minimum Gasteiger partial charge on any atom is -0.329 e. The van der Waals surface area contributed by atoms with Gasteiger partial charge in [-0.3, -0.25) is 10.1 Å². The minimum atomic E-state index is -0.0743. The lowest BCUT2D eigenvalue weighted by atomic mass is 10.1. The van der Waals surface area contributed by atoms with E-state index in [1.165, 1.54) is 5.56 Å². The normalized spacial score (nSPS) is 24.7. The number of hydrogen-bond acceptors (Lipinski definition) is 2. The van der Waals surface area contributed by atoms with Crippen molar-refractivity contribution in [2.75, 3.05) is 7.05 Å². The Bertz CT molecular complexity index is 388. The first kappa shape index (κ1) is 12.1. The van der Waals surface area contributed by atoms with Crippen LogP contribution >= 0.6 is 0 Å². The van der Waals surface area contributed by atoms with Gasteiger partial charge in [-0.2, -0.15) is 0 Å². The zero-order valence-electron chi connectivity index (χ0n) is 10.7. The summed E-state index contributed by atoms with van der Waals surface area (Å²) >= 11 is 0. The van der Waals surface area contributed by atoms with Gasteiger partial charge in [0, 0.05) is 7.05 Å². The van der Waals surface area contributed by atoms with Gasteiger partial charge in [-0.25, -0.2) is 0 Å². The van der Waals surface area contributed by atoms with Crippen molar-refractivity contribution in [2.45, 2.75) is 32.5 Å². The van der Waals surface area contributed by atoms with Crippen LogP contribution in [-0.2, 0) is 11.2 Å². The molecule has 0 aliphatic carbocycles. The molecule has 1 heterocycles. The first-order valence-corrected chi connectivity index (χ1v) is 6.16. The van der Waals surface area contributed by atoms with E-state index in [-0.39, 0.29) is 18.1 Å². The Morgan fingerprint density at radius 1 is 1.29 bits per heavy atom. The smallest absolute Gasteiger partial charge is 0.241 e. The monoisotopic (exact) mass is 232 g/mol. The number of hydrogen-bond donors (Lipinski definition) is 1. The molecule has 1 saturated heterocycles. The zero-order chi connectivity index (χ0) is 12.4. The van der Waals surface area contributed by atoms with Crippen molar-refractivity contribution in [3.8, 4) is 0 Å². The zero-order valence-corrected chi connectivity index (χ0v) is 10.7. The Morgan fingerprint density at radius 2 is 1.94 bits per heavy atom. The molecule has 2 unspecified atom stereocenters. The number of likely N-dealkylation sites (N-methyl/N-ethyl adjacent to an activating group) is 1. The Morgan fingerprint density at radius 3 is 2.47 bits per heavy atom. The van der Waals surface area contributed by atoms with Crippen molar-refractivity contribution in [1.29, 1.82) is 0 Å². The maximum Gasteiger partial charge on any atom is 0.241 e. The molecule has 0 spiro atoms. The number of nitrogens with zero attached hydrogens (tertiary/aromatic N) is 1. The Kier molecular flexibility index (Phi) is 3.48. The van der Waals surface area contributed by atoms with E-state index in [0.29, 0.717) is 5.92 Å². The van der Waals surface area contributed by atoms with Crippen molar-refractivity contribution < 1.29 is 4.79 Å². The van der Waals surface area contributed by atoms with Crippen molar-refractivity contribution in [3.63, 3.8) is 0 Å². The lowest BCUT2D eigenvalue weighted by Crippen LogP contribution is -2.39. The van der Waals surface area contributed by atoms with Gasteiger partial charge >= 0.3 is 0 Å². The topological polar surface area (TPSA) is 32.3 Å². The van der Waals surface area contributed by atoms with Gasteiger partial charge in [0.15, 0.2) is 0 Å². The van der Waals surface area contributed by atoms with Crippen LogP contribution < -0.4 is 5.32 Å². The molecule has 1 N–H and O–H groups in total. The molecule has 1 aromatic carbocycles. The first-order chi connectivity index (χ1) is 8.09. The van der Waals surface area contributed by atoms with Crippen LogP contribution in [0.15, 0.2) is 30.3 Å². The first-order valence-electron chi connectivity index (χ1n) is 6.16. The number of carbonyl (C=O) groups excluding carboxylic acids is 1. The second-order valence-corrected chi connectivity index (χ2v) is 5.05. The average Bonchev–Trinajstić information content (AvgIpc) is 2.59. The molecule has 2 rings (SSSR count). The standard InChI is InChI=1S/C14H20N2O/c1-10(2)13-15-12(14(17)16(13)3)9-11-7-5-4-6-8-11/h4-8,10,12-13,15H,9H2,1-3H3. The van der Waals surface area contributed by atoms with Crippen LogP contribution in [0.3, 0.4) is 0 Å². The van der Waals surface area contributed by atoms with Crippen LogP contribution in [0.2, 0.25) is 0 Å². The highest BCUT2D eigenvalue weighted by Gasteiger charge is 2.37. The lowest BCUT2D eigenvalue weighted by molar-refractivity contribution is -0.129. The fourth-order valence-electron chi connectivity index (χ4n) is 2.41. The summed E-state index contributed by atoms with van der Waals surface area (Å²) in [6.45, 7) is 4.26. The van der Waals surface area contributed by atoms with Gasteiger partial charge in [0.25, 0.3) is 0 Å². The average molecular weight is 232 g/mol. The van der Waals surface area contributed by atoms with Gasteiger partial charge in [-0.05, 0) is 17.9 Å². The van der Waals surface area contributed by atoms with Crippen LogP contribution in [0.4, 0.5) is 0 Å². The maximum absolute atomic E-state index is 12.1. The van der Waals surface area contributed by atoms with Crippen molar-refractivity contribution in [3.05, 3.63) is 35.9 Å². The predicted octanol–water partition coefficient (Wildman–Crippen LogP) is 1.64. The summed E-state index contributed by atoms with van der Waals surface area (Å²) < 4.78 is 0. The highest BCUT2D eigenvalue weighted by molar-refractivity contribution is 5.84. The van der Waals surface area contributed by atoms with Gasteiger partial charge in [-0.15, -0.1) is 0 Å². The summed E-state index contributed by atoms with van der Waals surface area (Å²) in [6, 6.07) is 10.1. The van der Waals surface area contributed by atoms with E-state index in [0.717, 1.165) is 6.42 Å². The Labute approximate surface area is 103 Å². The molecule has 1 amide bonds. The third-order valence-corrected chi connectivity index (χ3v) is 3.35. The summed E-state index contributed by atoms with van der Waals surface area (Å²) in [6.07, 6.45) is 0.934. The third-order valence-electron chi connectivity index (χ3n) is 3.35. The number of carbonyl (C=O) groups is 1. The SMILES string of the molecule is CC(C)C1NC(Cc2ccccc2)C(=O)N1C. The van der Waals surface area contributed by atoms with E-state index in [9.17, 15) is 4.79 Å². The number of benzene rings is 1. The van der Waals surface area contributed by atoms with Gasteiger partial charge in [0.05, 0.1) is 12.2 Å². The van der Waals surface area contributed by atoms with E-state index in [2.05, 4.69) is 31.3 Å². The van der Waals surface area contributed by atoms with Gasteiger partial charge < -0.3 is 4.90 Å². The lowest BCUT2D eigenvalue weighted by Gasteiger charge is -2.22. The Hall–Kier alpha value is -1.35. The van der Waals surface area contributed by atoms with E-state index in [1.54, 1.807) is 0 Å². The second-order valence-electron chi connectivity index (χ2n) is 5.05. The second kappa shape index (κ2) is 4.88. The van der Waals surface area contributed by atoms with E-state index in [4.69, 9.17) is 0 Å². The van der Waals surface area contributed by atoms with Crippen LogP contribution in [-0.4, -0.2) is 30.1 Å². The Balaban J connectivity index is 2.06. The fourth-order valence-corrected chi connectivity index (χ4v) is 2.41. The van der Waals surface area contributed by atoms with E-state index in [1.807, 2.05) is 30.1 Å². The van der Waals surface area contributed by atoms with Crippen molar-refractivity contribution >= 4 is 5.91 Å². The molecule has 3 heteroatoms. The van der Waals surface area contributed by atoms with Crippen LogP contribution in [0.5, 0.6) is 0 Å². The molecule has 1 aliphatic heterocycles. The van der Waals surface area contributed by atoms with Crippen LogP contribution in [0.25, 0.3) is 0 Å². The van der Waals surface area contributed by atoms with Crippen LogP contribution in [0.1, 0.15) is 19.4 Å². The summed E-state index contributed by atoms with van der Waals surface area (Å²) in [4.78, 5) is 13.9. The summed E-state index contributed by atoms with van der Waals surface area (Å²) in [7, 11) is 1.88. The van der Waals surface area contributed by atoms with Crippen molar-refractivity contribution in [2.24, 2.45) is 5.92 Å². The number of rotatable bonds is 3. The molecule has 0 radical (unpaired) electrons. The van der Waals surface area contributed by atoms with Crippen molar-refractivity contribution in [1.82, 2.24) is 10.2 Å². The van der Waals surface area contributed by atoms with Gasteiger partial charge in [0.1, 0.15) is 0 Å². The molecule has 17 heavy (non-hydrogen) atoms. The summed E-state index contributed by atoms with van der Waals surface area (Å²) in [5.41, 5.74) is 1.20. The maximum atomic E-state index is 12.1. The summed E-state index contributed by atoms with van der Waals surface area (Å²) in [5, 5.41) is 3.41. The third kappa shape index (κ3) is 2.50. The quantitative estimate of drug-likeness (QED) is 0.859. The molecule has 2 atom stereocenters.